The van der Waals surface area contributed by atoms with E-state index in [2.05, 4.69) is 27.7 Å². The minimum atomic E-state index is 0.288. The van der Waals surface area contributed by atoms with Gasteiger partial charge in [0.1, 0.15) is 11.2 Å². The van der Waals surface area contributed by atoms with Crippen molar-refractivity contribution in [3.05, 3.63) is 0 Å². The lowest BCUT2D eigenvalue weighted by molar-refractivity contribution is -0.00909. The summed E-state index contributed by atoms with van der Waals surface area (Å²) in [5.41, 5.74) is 1.55. The molecule has 2 bridgehead atoms. The van der Waals surface area contributed by atoms with E-state index >= 15 is 0 Å². The molecule has 1 nitrogen and oxygen atoms in total. The Morgan fingerprint density at radius 1 is 1.06 bits per heavy atom. The first-order valence-corrected chi connectivity index (χ1v) is 7.10. The van der Waals surface area contributed by atoms with Crippen LogP contribution in [0.5, 0.6) is 0 Å². The lowest BCUT2D eigenvalue weighted by atomic mass is 9.51. The standard InChI is InChI=1S/C15H24O/c1-10-5-8-15-13(4)7-6-11(12(13,2)3)9-14(10,15)16-15/h10-11H,5-9H2,1-4H3/t10-,11+,13+,14+,15+/m1/s1. The molecule has 0 amide bonds. The molecule has 5 atom stereocenters. The van der Waals surface area contributed by atoms with Crippen molar-refractivity contribution >= 4 is 0 Å². The van der Waals surface area contributed by atoms with E-state index in [0.29, 0.717) is 16.4 Å². The molecule has 3 saturated carbocycles. The van der Waals surface area contributed by atoms with Crippen LogP contribution < -0.4 is 0 Å². The Morgan fingerprint density at radius 3 is 2.56 bits per heavy atom. The molecule has 4 fully saturated rings. The highest BCUT2D eigenvalue weighted by atomic mass is 16.6. The molecule has 0 aromatic heterocycles. The van der Waals surface area contributed by atoms with Crippen molar-refractivity contribution in [3.8, 4) is 0 Å². The van der Waals surface area contributed by atoms with Gasteiger partial charge in [0.05, 0.1) is 0 Å². The van der Waals surface area contributed by atoms with Gasteiger partial charge in [0.2, 0.25) is 0 Å². The first-order valence-electron chi connectivity index (χ1n) is 7.10. The quantitative estimate of drug-likeness (QED) is 0.566. The van der Waals surface area contributed by atoms with Crippen molar-refractivity contribution in [1.82, 2.24) is 0 Å². The third-order valence-electron chi connectivity index (χ3n) is 7.60. The molecular formula is C15H24O. The van der Waals surface area contributed by atoms with E-state index in [1.165, 1.54) is 32.1 Å². The van der Waals surface area contributed by atoms with Crippen LogP contribution in [0.1, 0.15) is 59.8 Å². The van der Waals surface area contributed by atoms with Crippen molar-refractivity contribution in [2.45, 2.75) is 71.0 Å². The van der Waals surface area contributed by atoms with E-state index in [0.717, 1.165) is 11.8 Å². The summed E-state index contributed by atoms with van der Waals surface area (Å²) in [4.78, 5) is 0. The average molecular weight is 220 g/mol. The highest BCUT2D eigenvalue weighted by molar-refractivity contribution is 5.35. The molecule has 4 aliphatic rings. The van der Waals surface area contributed by atoms with Gasteiger partial charge in [0, 0.05) is 5.41 Å². The highest BCUT2D eigenvalue weighted by Gasteiger charge is 2.87. The zero-order valence-corrected chi connectivity index (χ0v) is 11.1. The van der Waals surface area contributed by atoms with E-state index in [1.807, 2.05) is 0 Å². The maximum absolute atomic E-state index is 6.47. The van der Waals surface area contributed by atoms with Crippen molar-refractivity contribution in [1.29, 1.82) is 0 Å². The zero-order chi connectivity index (χ0) is 11.4. The van der Waals surface area contributed by atoms with Gasteiger partial charge in [0.15, 0.2) is 0 Å². The third kappa shape index (κ3) is 0.652. The normalized spacial score (nSPS) is 65.2. The maximum Gasteiger partial charge on any atom is 0.104 e. The van der Waals surface area contributed by atoms with Gasteiger partial charge < -0.3 is 4.74 Å². The second-order valence-electron chi connectivity index (χ2n) is 7.75. The molecule has 0 spiro atoms. The van der Waals surface area contributed by atoms with Gasteiger partial charge in [-0.15, -0.1) is 0 Å². The Morgan fingerprint density at radius 2 is 1.81 bits per heavy atom. The van der Waals surface area contributed by atoms with Gasteiger partial charge in [-0.05, 0) is 49.4 Å². The van der Waals surface area contributed by atoms with Crippen molar-refractivity contribution in [3.63, 3.8) is 0 Å². The Labute approximate surface area is 98.9 Å². The summed E-state index contributed by atoms with van der Waals surface area (Å²) >= 11 is 0. The predicted octanol–water partition coefficient (Wildman–Crippen LogP) is 3.77. The topological polar surface area (TPSA) is 12.5 Å². The average Bonchev–Trinajstić information content (AvgIpc) is 2.77. The summed E-state index contributed by atoms with van der Waals surface area (Å²) < 4.78 is 6.47. The number of fused-ring (bicyclic) bond motifs is 2. The van der Waals surface area contributed by atoms with Crippen LogP contribution in [0.4, 0.5) is 0 Å². The molecule has 0 unspecified atom stereocenters. The molecule has 3 aliphatic carbocycles. The lowest BCUT2D eigenvalue weighted by Gasteiger charge is -2.50. The van der Waals surface area contributed by atoms with Crippen LogP contribution >= 0.6 is 0 Å². The van der Waals surface area contributed by atoms with Crippen LogP contribution in [0.2, 0.25) is 0 Å². The van der Waals surface area contributed by atoms with Crippen molar-refractivity contribution in [2.24, 2.45) is 22.7 Å². The van der Waals surface area contributed by atoms with E-state index in [4.69, 9.17) is 4.74 Å². The van der Waals surface area contributed by atoms with Gasteiger partial charge in [-0.1, -0.05) is 27.7 Å². The summed E-state index contributed by atoms with van der Waals surface area (Å²) in [5, 5.41) is 0. The second kappa shape index (κ2) is 2.25. The Hall–Kier alpha value is -0.0400. The largest absolute Gasteiger partial charge is 0.362 e. The van der Waals surface area contributed by atoms with E-state index in [-0.39, 0.29) is 5.60 Å². The fraction of sp³-hybridized carbons (Fsp3) is 1.00. The number of hydrogen-bond acceptors (Lipinski definition) is 1. The maximum atomic E-state index is 6.47. The molecule has 1 heterocycles. The Balaban J connectivity index is 1.90. The zero-order valence-electron chi connectivity index (χ0n) is 11.1. The SMILES string of the molecule is C[C@@H]1CC[C@@]23O[C@@]12C[C@@H]1CC[C@@]3(C)C1(C)C. The van der Waals surface area contributed by atoms with Crippen molar-refractivity contribution in [2.75, 3.05) is 0 Å². The van der Waals surface area contributed by atoms with Crippen LogP contribution in [0.3, 0.4) is 0 Å². The lowest BCUT2D eigenvalue weighted by Crippen LogP contribution is -2.52. The fourth-order valence-electron chi connectivity index (χ4n) is 6.00. The van der Waals surface area contributed by atoms with Gasteiger partial charge in [0.25, 0.3) is 0 Å². The summed E-state index contributed by atoms with van der Waals surface area (Å²) in [7, 11) is 0. The second-order valence-corrected chi connectivity index (χ2v) is 7.75. The Bertz CT molecular complexity index is 374. The molecule has 0 aromatic carbocycles. The molecule has 1 saturated heterocycles. The van der Waals surface area contributed by atoms with Crippen LogP contribution in [-0.2, 0) is 4.74 Å². The number of rotatable bonds is 0. The molecule has 1 heteroatoms. The molecule has 4 rings (SSSR count). The fourth-order valence-corrected chi connectivity index (χ4v) is 6.00. The van der Waals surface area contributed by atoms with Crippen molar-refractivity contribution < 1.29 is 4.74 Å². The molecule has 0 N–H and O–H groups in total. The van der Waals surface area contributed by atoms with Crippen LogP contribution in [0.25, 0.3) is 0 Å². The molecule has 16 heavy (non-hydrogen) atoms. The van der Waals surface area contributed by atoms with Crippen LogP contribution in [0, 0.1) is 22.7 Å². The molecular weight excluding hydrogens is 196 g/mol. The monoisotopic (exact) mass is 220 g/mol. The smallest absolute Gasteiger partial charge is 0.104 e. The highest BCUT2D eigenvalue weighted by Crippen LogP contribution is 2.83. The molecule has 0 aromatic rings. The first-order chi connectivity index (χ1) is 7.40. The van der Waals surface area contributed by atoms with E-state index in [9.17, 15) is 0 Å². The number of epoxide rings is 1. The van der Waals surface area contributed by atoms with Gasteiger partial charge in [-0.3, -0.25) is 0 Å². The van der Waals surface area contributed by atoms with Gasteiger partial charge in [-0.25, -0.2) is 0 Å². The first kappa shape index (κ1) is 9.94. The van der Waals surface area contributed by atoms with Crippen LogP contribution in [0.15, 0.2) is 0 Å². The summed E-state index contributed by atoms with van der Waals surface area (Å²) in [6.45, 7) is 9.98. The van der Waals surface area contributed by atoms with Gasteiger partial charge >= 0.3 is 0 Å². The number of hydrogen-bond donors (Lipinski definition) is 0. The molecule has 0 radical (unpaired) electrons. The van der Waals surface area contributed by atoms with Crippen LogP contribution in [-0.4, -0.2) is 11.2 Å². The summed E-state index contributed by atoms with van der Waals surface area (Å²) in [6.07, 6.45) is 6.94. The molecule has 1 aliphatic heterocycles. The van der Waals surface area contributed by atoms with E-state index in [1.54, 1.807) is 0 Å². The Kier molecular flexibility index (Phi) is 1.40. The summed E-state index contributed by atoms with van der Waals surface area (Å²) in [6, 6.07) is 0. The summed E-state index contributed by atoms with van der Waals surface area (Å²) in [5.74, 6) is 1.72. The molecule has 90 valence electrons. The number of ether oxygens (including phenoxy) is 1. The van der Waals surface area contributed by atoms with E-state index < -0.39 is 0 Å². The minimum absolute atomic E-state index is 0.288. The third-order valence-corrected chi connectivity index (χ3v) is 7.60. The van der Waals surface area contributed by atoms with Gasteiger partial charge in [-0.2, -0.15) is 0 Å². The minimum Gasteiger partial charge on any atom is -0.362 e. The predicted molar refractivity (Wildman–Crippen MR) is 64.2 cm³/mol.